The van der Waals surface area contributed by atoms with Crippen molar-refractivity contribution in [2.24, 2.45) is 0 Å². The van der Waals surface area contributed by atoms with Crippen LogP contribution in [0.15, 0.2) is 24.3 Å². The van der Waals surface area contributed by atoms with Crippen LogP contribution in [0.3, 0.4) is 0 Å². The van der Waals surface area contributed by atoms with Crippen LogP contribution >= 0.6 is 11.6 Å². The molecule has 0 saturated carbocycles. The van der Waals surface area contributed by atoms with E-state index in [-0.39, 0.29) is 5.91 Å². The molecule has 1 amide bonds. The first kappa shape index (κ1) is 10.5. The molecule has 1 aromatic carbocycles. The highest BCUT2D eigenvalue weighted by Gasteiger charge is 2.22. The molecule has 0 spiro atoms. The summed E-state index contributed by atoms with van der Waals surface area (Å²) in [5, 5.41) is 0. The van der Waals surface area contributed by atoms with Gasteiger partial charge in [0.1, 0.15) is 0 Å². The maximum Gasteiger partial charge on any atom is 0.254 e. The second-order valence-corrected chi connectivity index (χ2v) is 4.12. The lowest BCUT2D eigenvalue weighted by Crippen LogP contribution is -2.38. The number of carbonyl (C=O) groups is 1. The van der Waals surface area contributed by atoms with E-state index < -0.39 is 0 Å². The third-order valence-electron chi connectivity index (χ3n) is 2.75. The lowest BCUT2D eigenvalue weighted by Gasteiger charge is -2.28. The molecule has 1 heterocycles. The molecule has 1 aliphatic heterocycles. The monoisotopic (exact) mass is 223 g/mol. The van der Waals surface area contributed by atoms with Gasteiger partial charge in [0.05, 0.1) is 0 Å². The quantitative estimate of drug-likeness (QED) is 0.721. The van der Waals surface area contributed by atoms with E-state index in [1.54, 1.807) is 0 Å². The fourth-order valence-corrected chi connectivity index (χ4v) is 2.06. The van der Waals surface area contributed by atoms with Crippen LogP contribution in [0.1, 0.15) is 22.3 Å². The second-order valence-electron chi connectivity index (χ2n) is 3.74. The molecule has 0 N–H and O–H groups in total. The predicted molar refractivity (Wildman–Crippen MR) is 61.4 cm³/mol. The number of hydrogen-bond acceptors (Lipinski definition) is 1. The van der Waals surface area contributed by atoms with Gasteiger partial charge in [-0.2, -0.15) is 0 Å². The summed E-state index contributed by atoms with van der Waals surface area (Å²) in [5.41, 5.74) is 2.03. The smallest absolute Gasteiger partial charge is 0.254 e. The number of benzene rings is 1. The summed E-state index contributed by atoms with van der Waals surface area (Å²) in [7, 11) is 0. The molecule has 15 heavy (non-hydrogen) atoms. The van der Waals surface area contributed by atoms with E-state index >= 15 is 0 Å². The summed E-state index contributed by atoms with van der Waals surface area (Å²) < 4.78 is 0. The minimum atomic E-state index is 0.155. The minimum absolute atomic E-state index is 0.155. The Balaban J connectivity index is 2.15. The fraction of sp³-hybridized carbons (Fsp3) is 0.417. The van der Waals surface area contributed by atoms with Gasteiger partial charge in [-0.3, -0.25) is 4.79 Å². The number of halogens is 1. The molecule has 2 nitrogen and oxygen atoms in total. The van der Waals surface area contributed by atoms with Gasteiger partial charge >= 0.3 is 0 Å². The molecule has 0 unspecified atom stereocenters. The van der Waals surface area contributed by atoms with Gasteiger partial charge in [0.2, 0.25) is 0 Å². The van der Waals surface area contributed by atoms with Crippen molar-refractivity contribution in [3.8, 4) is 0 Å². The van der Waals surface area contributed by atoms with E-state index in [2.05, 4.69) is 0 Å². The first-order valence-corrected chi connectivity index (χ1v) is 5.79. The Morgan fingerprint density at radius 2 is 2.13 bits per heavy atom. The highest BCUT2D eigenvalue weighted by atomic mass is 35.5. The third-order valence-corrected chi connectivity index (χ3v) is 3.01. The number of nitrogens with zero attached hydrogens (tertiary/aromatic N) is 1. The Morgan fingerprint density at radius 1 is 1.33 bits per heavy atom. The molecule has 80 valence electrons. The van der Waals surface area contributed by atoms with Gasteiger partial charge < -0.3 is 4.90 Å². The molecular weight excluding hydrogens is 210 g/mol. The zero-order valence-corrected chi connectivity index (χ0v) is 9.33. The Labute approximate surface area is 94.8 Å². The largest absolute Gasteiger partial charge is 0.338 e. The van der Waals surface area contributed by atoms with Crippen molar-refractivity contribution in [1.82, 2.24) is 4.90 Å². The molecule has 2 rings (SSSR count). The van der Waals surface area contributed by atoms with Gasteiger partial charge in [0, 0.05) is 24.5 Å². The van der Waals surface area contributed by atoms with Gasteiger partial charge in [-0.05, 0) is 24.5 Å². The van der Waals surface area contributed by atoms with E-state index in [1.807, 2.05) is 29.2 Å². The molecule has 0 aromatic heterocycles. The SMILES string of the molecule is O=C1c2ccccc2CCN1CCCCl. The van der Waals surface area contributed by atoms with Crippen molar-refractivity contribution >= 4 is 17.5 Å². The lowest BCUT2D eigenvalue weighted by atomic mass is 9.99. The van der Waals surface area contributed by atoms with Crippen LogP contribution < -0.4 is 0 Å². The summed E-state index contributed by atoms with van der Waals surface area (Å²) in [5.74, 6) is 0.771. The number of fused-ring (bicyclic) bond motifs is 1. The lowest BCUT2D eigenvalue weighted by molar-refractivity contribution is 0.0740. The summed E-state index contributed by atoms with van der Waals surface area (Å²) in [6.07, 6.45) is 1.83. The van der Waals surface area contributed by atoms with Crippen LogP contribution in [0.4, 0.5) is 0 Å². The van der Waals surface area contributed by atoms with Crippen molar-refractivity contribution in [1.29, 1.82) is 0 Å². The standard InChI is InChI=1S/C12H14ClNO/c13-7-3-8-14-9-6-10-4-1-2-5-11(10)12(14)15/h1-2,4-5H,3,6-9H2. The molecule has 3 heteroatoms. The molecule has 1 aromatic rings. The van der Waals surface area contributed by atoms with Crippen LogP contribution in [-0.4, -0.2) is 29.8 Å². The van der Waals surface area contributed by atoms with Crippen molar-refractivity contribution in [2.45, 2.75) is 12.8 Å². The van der Waals surface area contributed by atoms with Gasteiger partial charge in [-0.1, -0.05) is 18.2 Å². The molecule has 0 fully saturated rings. The van der Waals surface area contributed by atoms with Crippen molar-refractivity contribution in [3.63, 3.8) is 0 Å². The van der Waals surface area contributed by atoms with E-state index in [0.29, 0.717) is 5.88 Å². The molecule has 0 radical (unpaired) electrons. The zero-order chi connectivity index (χ0) is 10.7. The van der Waals surface area contributed by atoms with Crippen LogP contribution in [0, 0.1) is 0 Å². The number of hydrogen-bond donors (Lipinski definition) is 0. The van der Waals surface area contributed by atoms with Crippen LogP contribution in [0.5, 0.6) is 0 Å². The third kappa shape index (κ3) is 2.15. The topological polar surface area (TPSA) is 20.3 Å². The van der Waals surface area contributed by atoms with Crippen molar-refractivity contribution in [3.05, 3.63) is 35.4 Å². The molecular formula is C12H14ClNO. The summed E-state index contributed by atoms with van der Waals surface area (Å²) in [4.78, 5) is 13.9. The average molecular weight is 224 g/mol. The maximum absolute atomic E-state index is 12.0. The second kappa shape index (κ2) is 4.67. The Hall–Kier alpha value is -1.02. The molecule has 1 aliphatic rings. The number of carbonyl (C=O) groups excluding carboxylic acids is 1. The average Bonchev–Trinajstić information content (AvgIpc) is 2.29. The highest BCUT2D eigenvalue weighted by Crippen LogP contribution is 2.18. The Morgan fingerprint density at radius 3 is 2.93 bits per heavy atom. The molecule has 0 atom stereocenters. The fourth-order valence-electron chi connectivity index (χ4n) is 1.94. The maximum atomic E-state index is 12.0. The van der Waals surface area contributed by atoms with Crippen LogP contribution in [-0.2, 0) is 6.42 Å². The summed E-state index contributed by atoms with van der Waals surface area (Å²) in [6, 6.07) is 7.85. The summed E-state index contributed by atoms with van der Waals surface area (Å²) in [6.45, 7) is 1.60. The van der Waals surface area contributed by atoms with E-state index in [1.165, 1.54) is 5.56 Å². The predicted octanol–water partition coefficient (Wildman–Crippen LogP) is 2.31. The molecule has 0 bridgehead atoms. The summed E-state index contributed by atoms with van der Waals surface area (Å²) >= 11 is 5.63. The van der Waals surface area contributed by atoms with E-state index in [4.69, 9.17) is 11.6 Å². The number of rotatable bonds is 3. The number of alkyl halides is 1. The zero-order valence-electron chi connectivity index (χ0n) is 8.58. The van der Waals surface area contributed by atoms with Crippen molar-refractivity contribution < 1.29 is 4.79 Å². The van der Waals surface area contributed by atoms with Gasteiger partial charge in [-0.15, -0.1) is 11.6 Å². The highest BCUT2D eigenvalue weighted by molar-refractivity contribution is 6.17. The van der Waals surface area contributed by atoms with Crippen LogP contribution in [0.25, 0.3) is 0 Å². The molecule has 0 saturated heterocycles. The van der Waals surface area contributed by atoms with Gasteiger partial charge in [0.15, 0.2) is 0 Å². The van der Waals surface area contributed by atoms with E-state index in [0.717, 1.165) is 31.5 Å². The Kier molecular flexibility index (Phi) is 3.27. The molecule has 0 aliphatic carbocycles. The van der Waals surface area contributed by atoms with Gasteiger partial charge in [-0.25, -0.2) is 0 Å². The van der Waals surface area contributed by atoms with Crippen LogP contribution in [0.2, 0.25) is 0 Å². The first-order valence-electron chi connectivity index (χ1n) is 5.26. The van der Waals surface area contributed by atoms with Crippen molar-refractivity contribution in [2.75, 3.05) is 19.0 Å². The van der Waals surface area contributed by atoms with E-state index in [9.17, 15) is 4.79 Å². The number of amides is 1. The normalized spacial score (nSPS) is 15.3. The Bertz CT molecular complexity index is 364. The minimum Gasteiger partial charge on any atom is -0.338 e. The van der Waals surface area contributed by atoms with Gasteiger partial charge in [0.25, 0.3) is 5.91 Å². The first-order chi connectivity index (χ1) is 7.33.